The van der Waals surface area contributed by atoms with E-state index in [4.69, 9.17) is 0 Å². The number of benzene rings is 12. The quantitative estimate of drug-likeness (QED) is 0.122. The highest BCUT2D eigenvalue weighted by atomic mass is 14.4. The molecule has 442 valence electrons. The first-order valence-corrected chi connectivity index (χ1v) is 33.4. The molecular weight excluding hydrogens is 1080 g/mol. The van der Waals surface area contributed by atoms with E-state index in [1.807, 2.05) is 0 Å². The van der Waals surface area contributed by atoms with Crippen molar-refractivity contribution in [1.29, 1.82) is 0 Å². The van der Waals surface area contributed by atoms with Crippen LogP contribution in [0.1, 0.15) is 158 Å². The molecule has 0 spiro atoms. The third-order valence-corrected chi connectivity index (χ3v) is 21.4. The van der Waals surface area contributed by atoms with Gasteiger partial charge in [-0.2, -0.15) is 0 Å². The summed E-state index contributed by atoms with van der Waals surface area (Å²) < 4.78 is 0. The van der Waals surface area contributed by atoms with Gasteiger partial charge in [-0.05, 0) is 224 Å². The minimum atomic E-state index is -0.195. The van der Waals surface area contributed by atoms with Crippen LogP contribution in [0.15, 0.2) is 182 Å². The monoisotopic (exact) mass is 1160 g/mol. The molecule has 0 N–H and O–H groups in total. The van der Waals surface area contributed by atoms with Crippen LogP contribution < -0.4 is 32.8 Å². The molecule has 2 heteroatoms. The topological polar surface area (TPSA) is 0 Å². The molecule has 0 aromatic heterocycles. The van der Waals surface area contributed by atoms with Gasteiger partial charge in [0.15, 0.2) is 0 Å². The lowest BCUT2D eigenvalue weighted by molar-refractivity contribution is 0.550. The van der Waals surface area contributed by atoms with Crippen LogP contribution in [0, 0.1) is 0 Å². The molecule has 90 heavy (non-hydrogen) atoms. The molecule has 16 rings (SSSR count). The molecule has 0 fully saturated rings. The van der Waals surface area contributed by atoms with E-state index in [1.54, 1.807) is 0 Å². The predicted molar refractivity (Wildman–Crippen MR) is 395 cm³/mol. The average Bonchev–Trinajstić information content (AvgIpc) is 1.19. The highest BCUT2D eigenvalue weighted by Crippen LogP contribution is 2.56. The zero-order chi connectivity index (χ0) is 63.0. The van der Waals surface area contributed by atoms with E-state index >= 15 is 0 Å². The molecule has 0 amide bonds. The third kappa shape index (κ3) is 8.20. The second-order valence-corrected chi connectivity index (χ2v) is 33.6. The van der Waals surface area contributed by atoms with Crippen LogP contribution >= 0.6 is 0 Å². The van der Waals surface area contributed by atoms with Crippen molar-refractivity contribution in [1.82, 2.24) is 0 Å². The molecule has 0 bridgehead atoms. The summed E-state index contributed by atoms with van der Waals surface area (Å²) in [6.07, 6.45) is 0. The normalized spacial score (nSPS) is 14.1. The Bertz CT molecular complexity index is 4690. The van der Waals surface area contributed by atoms with Crippen LogP contribution in [0.3, 0.4) is 0 Å². The Labute approximate surface area is 536 Å². The number of hydrogen-bond acceptors (Lipinski definition) is 0. The van der Waals surface area contributed by atoms with E-state index in [0.717, 1.165) is 0 Å². The summed E-state index contributed by atoms with van der Waals surface area (Å²) in [5.41, 5.74) is 37.5. The van der Waals surface area contributed by atoms with Gasteiger partial charge in [-0.3, -0.25) is 0 Å². The lowest BCUT2D eigenvalue weighted by Gasteiger charge is -2.37. The van der Waals surface area contributed by atoms with Crippen LogP contribution in [0.5, 0.6) is 0 Å². The van der Waals surface area contributed by atoms with Crippen LogP contribution in [0.25, 0.3) is 121 Å². The highest BCUT2D eigenvalue weighted by Gasteiger charge is 2.46. The van der Waals surface area contributed by atoms with E-state index in [1.165, 1.54) is 187 Å². The summed E-state index contributed by atoms with van der Waals surface area (Å²) in [6.45, 7) is 44.0. The molecule has 0 saturated heterocycles. The van der Waals surface area contributed by atoms with Gasteiger partial charge < -0.3 is 0 Å². The third-order valence-electron chi connectivity index (χ3n) is 21.4. The molecule has 0 nitrogen and oxygen atoms in total. The van der Waals surface area contributed by atoms with Crippen LogP contribution in [-0.2, 0) is 32.5 Å². The van der Waals surface area contributed by atoms with Gasteiger partial charge in [0.05, 0.1) is 0 Å². The standard InChI is InChI=1S/C88H84B2/c1-83(2,3)53-41-67(85(7,8)9)75(68(42-53)86(10,11)12)57-45-59-65-39-51(49-29-21-19-22-30-49)37-63-55-33-26-28-36-72(55)90(81(63)65)74-48-62-58(76-69(87(13,14)15)43-54(84(4,5)6)44-70(76)88(16,17)18)46-60-66-40-52(50-31-23-20-24-32-50)38-64-56-34-25-27-35-71(56)89(82(64)66)73-47-61(57)79(77(59)74)80(62)78(60)73/h19-48H,1-18H3. The largest absolute Gasteiger partial charge is 0.244 e. The molecule has 12 aromatic rings. The van der Waals surface area contributed by atoms with Crippen molar-refractivity contribution in [2.24, 2.45) is 0 Å². The molecule has 4 aliphatic heterocycles. The fraction of sp³-hybridized carbons (Fsp3) is 0.273. The van der Waals surface area contributed by atoms with Gasteiger partial charge in [-0.25, -0.2) is 0 Å². The number of rotatable bonds is 4. The number of fused-ring (bicyclic) bond motifs is 10. The SMILES string of the molecule is CC(C)(C)c1cc(C(C)(C)C)c(-c2cc3c4c(cc5c(-c6c(C(C)(C)C)cc(C(C)(C)C)cc6C(C)(C)C)cc6c7c(cc2c4c57)B2c4ccccc4-c4cc(-c5ccccc5)cc-6c42)B2c4ccccc4-c4cc(-c5ccccc5)cc-3c42)c(C(C)(C)C)c1. The van der Waals surface area contributed by atoms with Crippen molar-refractivity contribution in [2.75, 3.05) is 0 Å². The van der Waals surface area contributed by atoms with Gasteiger partial charge in [0.25, 0.3) is 0 Å². The molecule has 0 radical (unpaired) electrons. The molecule has 0 aliphatic carbocycles. The van der Waals surface area contributed by atoms with Crippen molar-refractivity contribution in [3.05, 3.63) is 215 Å². The highest BCUT2D eigenvalue weighted by molar-refractivity contribution is 7.03. The summed E-state index contributed by atoms with van der Waals surface area (Å²) >= 11 is 0. The smallest absolute Gasteiger partial charge is 0.0664 e. The molecule has 12 aromatic carbocycles. The molecule has 0 saturated carbocycles. The minimum Gasteiger partial charge on any atom is -0.0664 e. The lowest BCUT2D eigenvalue weighted by Crippen LogP contribution is -2.53. The summed E-state index contributed by atoms with van der Waals surface area (Å²) in [5, 5.41) is 8.37. The zero-order valence-corrected chi connectivity index (χ0v) is 56.5. The Balaban J connectivity index is 1.20. The summed E-state index contributed by atoms with van der Waals surface area (Å²) in [5.74, 6) is 0. The molecule has 0 atom stereocenters. The summed E-state index contributed by atoms with van der Waals surface area (Å²) in [6, 6.07) is 72.9. The molecule has 4 heterocycles. The fourth-order valence-electron chi connectivity index (χ4n) is 17.0. The Hall–Kier alpha value is -8.19. The van der Waals surface area contributed by atoms with Gasteiger partial charge in [0, 0.05) is 0 Å². The number of hydrogen-bond donors (Lipinski definition) is 0. The first-order chi connectivity index (χ1) is 42.5. The maximum atomic E-state index is 2.77. The first kappa shape index (κ1) is 57.0. The molecule has 0 unspecified atom stereocenters. The summed E-state index contributed by atoms with van der Waals surface area (Å²) in [7, 11) is 0. The van der Waals surface area contributed by atoms with E-state index in [-0.39, 0.29) is 45.9 Å². The maximum absolute atomic E-state index is 2.77. The second kappa shape index (κ2) is 18.7. The van der Waals surface area contributed by atoms with Gasteiger partial charge in [-0.1, -0.05) is 303 Å². The van der Waals surface area contributed by atoms with Crippen molar-refractivity contribution in [2.45, 2.75) is 157 Å². The van der Waals surface area contributed by atoms with E-state index in [0.29, 0.717) is 0 Å². The maximum Gasteiger partial charge on any atom is 0.244 e. The van der Waals surface area contributed by atoms with Crippen molar-refractivity contribution >= 4 is 78.5 Å². The Morgan fingerprint density at radius 1 is 0.222 bits per heavy atom. The van der Waals surface area contributed by atoms with Crippen LogP contribution in [0.4, 0.5) is 0 Å². The van der Waals surface area contributed by atoms with Crippen molar-refractivity contribution in [3.63, 3.8) is 0 Å². The average molecular weight is 1160 g/mol. The predicted octanol–water partition coefficient (Wildman–Crippen LogP) is 20.0. The Kier molecular flexibility index (Phi) is 11.9. The summed E-state index contributed by atoms with van der Waals surface area (Å²) in [4.78, 5) is 0. The Morgan fingerprint density at radius 3 is 0.833 bits per heavy atom. The van der Waals surface area contributed by atoms with Gasteiger partial charge >= 0.3 is 0 Å². The van der Waals surface area contributed by atoms with Crippen LogP contribution in [-0.4, -0.2) is 13.4 Å². The van der Waals surface area contributed by atoms with Crippen molar-refractivity contribution < 1.29 is 0 Å². The Morgan fingerprint density at radius 2 is 0.522 bits per heavy atom. The second-order valence-electron chi connectivity index (χ2n) is 33.6. The van der Waals surface area contributed by atoms with Gasteiger partial charge in [-0.15, -0.1) is 0 Å². The molecule has 4 aliphatic rings. The van der Waals surface area contributed by atoms with Crippen molar-refractivity contribution in [3.8, 4) is 89.0 Å². The van der Waals surface area contributed by atoms with Crippen LogP contribution in [0.2, 0.25) is 0 Å². The fourth-order valence-corrected chi connectivity index (χ4v) is 17.0. The van der Waals surface area contributed by atoms with E-state index in [9.17, 15) is 0 Å². The van der Waals surface area contributed by atoms with E-state index < -0.39 is 0 Å². The molecular formula is C88H84B2. The first-order valence-electron chi connectivity index (χ1n) is 33.4. The lowest BCUT2D eigenvalue weighted by atomic mass is 9.34. The zero-order valence-electron chi connectivity index (χ0n) is 56.5. The van der Waals surface area contributed by atoms with Gasteiger partial charge in [0.2, 0.25) is 13.4 Å². The van der Waals surface area contributed by atoms with E-state index in [2.05, 4.69) is 307 Å². The van der Waals surface area contributed by atoms with Gasteiger partial charge in [0.1, 0.15) is 0 Å². The minimum absolute atomic E-state index is 0.0353.